The lowest BCUT2D eigenvalue weighted by Gasteiger charge is -2.42. The lowest BCUT2D eigenvalue weighted by atomic mass is 9.89. The highest BCUT2D eigenvalue weighted by molar-refractivity contribution is 5.75. The number of hydrogen-bond donors (Lipinski definition) is 2. The summed E-state index contributed by atoms with van der Waals surface area (Å²) in [6, 6.07) is 0.838. The highest BCUT2D eigenvalue weighted by Gasteiger charge is 2.42. The SMILES string of the molecule is O=C(OC(O)CNC1CCN(C2CCC2)CC1)C(F)(F)F. The summed E-state index contributed by atoms with van der Waals surface area (Å²) in [4.78, 5) is 13.0. The average molecular weight is 310 g/mol. The largest absolute Gasteiger partial charge is 0.491 e. The summed E-state index contributed by atoms with van der Waals surface area (Å²) in [7, 11) is 0. The molecule has 0 bridgehead atoms. The van der Waals surface area contributed by atoms with E-state index in [0.29, 0.717) is 6.04 Å². The molecule has 1 atom stereocenters. The van der Waals surface area contributed by atoms with Crippen LogP contribution < -0.4 is 5.32 Å². The molecule has 2 fully saturated rings. The van der Waals surface area contributed by atoms with E-state index < -0.39 is 18.4 Å². The number of halogens is 3. The first kappa shape index (κ1) is 16.5. The van der Waals surface area contributed by atoms with Gasteiger partial charge in [0.05, 0.1) is 6.54 Å². The fourth-order valence-electron chi connectivity index (χ4n) is 2.72. The summed E-state index contributed by atoms with van der Waals surface area (Å²) in [6.07, 6.45) is -1.28. The molecule has 1 aliphatic carbocycles. The number of likely N-dealkylation sites (tertiary alicyclic amines) is 1. The number of aliphatic hydroxyl groups excluding tert-OH is 1. The van der Waals surface area contributed by atoms with E-state index in [0.717, 1.165) is 25.9 Å². The molecule has 1 saturated heterocycles. The van der Waals surface area contributed by atoms with Gasteiger partial charge in [-0.1, -0.05) is 6.42 Å². The van der Waals surface area contributed by atoms with Gasteiger partial charge in [0.15, 0.2) is 0 Å². The van der Waals surface area contributed by atoms with Crippen molar-refractivity contribution in [3.63, 3.8) is 0 Å². The number of carbonyl (C=O) groups excluding carboxylic acids is 1. The Morgan fingerprint density at radius 2 is 1.90 bits per heavy atom. The standard InChI is InChI=1S/C13H21F3N2O3/c14-13(15,16)12(20)21-11(19)8-17-9-4-6-18(7-5-9)10-2-1-3-10/h9-11,17,19H,1-8H2. The summed E-state index contributed by atoms with van der Waals surface area (Å²) in [5.41, 5.74) is 0. The molecule has 1 unspecified atom stereocenters. The first-order valence-electron chi connectivity index (χ1n) is 7.29. The van der Waals surface area contributed by atoms with Crippen LogP contribution in [0, 0.1) is 0 Å². The summed E-state index contributed by atoms with van der Waals surface area (Å²) in [6.45, 7) is 1.73. The number of nitrogens with zero attached hydrogens (tertiary/aromatic N) is 1. The van der Waals surface area contributed by atoms with Gasteiger partial charge in [-0.25, -0.2) is 4.79 Å². The van der Waals surface area contributed by atoms with Crippen LogP contribution in [0.25, 0.3) is 0 Å². The molecule has 1 aliphatic heterocycles. The Morgan fingerprint density at radius 1 is 1.29 bits per heavy atom. The van der Waals surface area contributed by atoms with Crippen molar-refractivity contribution < 1.29 is 27.8 Å². The van der Waals surface area contributed by atoms with E-state index in [4.69, 9.17) is 0 Å². The Labute approximate surface area is 121 Å². The van der Waals surface area contributed by atoms with E-state index in [-0.39, 0.29) is 12.6 Å². The van der Waals surface area contributed by atoms with Gasteiger partial charge in [-0.3, -0.25) is 0 Å². The van der Waals surface area contributed by atoms with Crippen molar-refractivity contribution in [3.05, 3.63) is 0 Å². The maximum Gasteiger partial charge on any atom is 0.491 e. The molecular formula is C13H21F3N2O3. The van der Waals surface area contributed by atoms with Crippen LogP contribution in [0.1, 0.15) is 32.1 Å². The van der Waals surface area contributed by atoms with Gasteiger partial charge < -0.3 is 20.1 Å². The summed E-state index contributed by atoms with van der Waals surface area (Å²) >= 11 is 0. The number of rotatable bonds is 5. The Balaban J connectivity index is 1.61. The van der Waals surface area contributed by atoms with Crippen molar-refractivity contribution in [2.45, 2.75) is 56.7 Å². The fourth-order valence-corrected chi connectivity index (χ4v) is 2.72. The van der Waals surface area contributed by atoms with E-state index in [1.54, 1.807) is 0 Å². The Bertz CT molecular complexity index is 353. The van der Waals surface area contributed by atoms with Gasteiger partial charge in [0.1, 0.15) is 0 Å². The number of carbonyl (C=O) groups is 1. The third kappa shape index (κ3) is 4.82. The van der Waals surface area contributed by atoms with Gasteiger partial charge in [0.25, 0.3) is 0 Å². The fraction of sp³-hybridized carbons (Fsp3) is 0.923. The van der Waals surface area contributed by atoms with Crippen molar-refractivity contribution in [2.24, 2.45) is 0 Å². The number of nitrogens with one attached hydrogen (secondary N) is 1. The average Bonchev–Trinajstić information content (AvgIpc) is 2.34. The zero-order valence-corrected chi connectivity index (χ0v) is 11.7. The third-order valence-electron chi connectivity index (χ3n) is 4.18. The molecule has 0 aromatic carbocycles. The molecular weight excluding hydrogens is 289 g/mol. The second-order valence-corrected chi connectivity index (χ2v) is 5.66. The van der Waals surface area contributed by atoms with Crippen LogP contribution in [0.2, 0.25) is 0 Å². The Hall–Kier alpha value is -0.860. The molecule has 2 N–H and O–H groups in total. The third-order valence-corrected chi connectivity index (χ3v) is 4.18. The molecule has 0 radical (unpaired) electrons. The van der Waals surface area contributed by atoms with Crippen LogP contribution in [-0.2, 0) is 9.53 Å². The van der Waals surface area contributed by atoms with E-state index in [1.807, 2.05) is 0 Å². The predicted octanol–water partition coefficient (Wildman–Crippen LogP) is 1.02. The molecule has 21 heavy (non-hydrogen) atoms. The minimum absolute atomic E-state index is 0.139. The summed E-state index contributed by atoms with van der Waals surface area (Å²) in [5, 5.41) is 12.2. The predicted molar refractivity (Wildman–Crippen MR) is 68.4 cm³/mol. The Kier molecular flexibility index (Phi) is 5.45. The molecule has 2 aliphatic rings. The zero-order chi connectivity index (χ0) is 15.5. The van der Waals surface area contributed by atoms with Crippen LogP contribution in [0.3, 0.4) is 0 Å². The van der Waals surface area contributed by atoms with E-state index in [1.165, 1.54) is 19.3 Å². The van der Waals surface area contributed by atoms with E-state index in [2.05, 4.69) is 15.0 Å². The minimum Gasteiger partial charge on any atom is -0.428 e. The van der Waals surface area contributed by atoms with Crippen LogP contribution in [-0.4, -0.2) is 60.2 Å². The molecule has 0 amide bonds. The van der Waals surface area contributed by atoms with Gasteiger partial charge in [0, 0.05) is 12.1 Å². The topological polar surface area (TPSA) is 61.8 Å². The van der Waals surface area contributed by atoms with Gasteiger partial charge in [0.2, 0.25) is 6.29 Å². The highest BCUT2D eigenvalue weighted by atomic mass is 19.4. The monoisotopic (exact) mass is 310 g/mol. The molecule has 2 rings (SSSR count). The lowest BCUT2D eigenvalue weighted by Crippen LogP contribution is -2.50. The number of hydrogen-bond acceptors (Lipinski definition) is 5. The first-order chi connectivity index (χ1) is 9.86. The number of alkyl halides is 3. The molecule has 122 valence electrons. The van der Waals surface area contributed by atoms with Crippen LogP contribution in [0.4, 0.5) is 13.2 Å². The Morgan fingerprint density at radius 3 is 2.38 bits per heavy atom. The molecule has 1 heterocycles. The molecule has 1 saturated carbocycles. The molecule has 0 aromatic heterocycles. The van der Waals surface area contributed by atoms with Crippen molar-refractivity contribution in [1.82, 2.24) is 10.2 Å². The van der Waals surface area contributed by atoms with Crippen molar-refractivity contribution in [2.75, 3.05) is 19.6 Å². The van der Waals surface area contributed by atoms with Crippen molar-refractivity contribution in [3.8, 4) is 0 Å². The second-order valence-electron chi connectivity index (χ2n) is 5.66. The van der Waals surface area contributed by atoms with Crippen LogP contribution in [0.5, 0.6) is 0 Å². The maximum atomic E-state index is 12.0. The maximum absolute atomic E-state index is 12.0. The van der Waals surface area contributed by atoms with Gasteiger partial charge >= 0.3 is 12.1 Å². The number of piperidine rings is 1. The lowest BCUT2D eigenvalue weighted by molar-refractivity contribution is -0.218. The van der Waals surface area contributed by atoms with Gasteiger partial charge in [-0.15, -0.1) is 0 Å². The molecule has 0 spiro atoms. The van der Waals surface area contributed by atoms with Crippen molar-refractivity contribution >= 4 is 5.97 Å². The normalized spacial score (nSPS) is 23.6. The molecule has 5 nitrogen and oxygen atoms in total. The first-order valence-corrected chi connectivity index (χ1v) is 7.29. The van der Waals surface area contributed by atoms with Gasteiger partial charge in [-0.05, 0) is 38.8 Å². The van der Waals surface area contributed by atoms with E-state index >= 15 is 0 Å². The van der Waals surface area contributed by atoms with Crippen LogP contribution in [0.15, 0.2) is 0 Å². The minimum atomic E-state index is -5.07. The van der Waals surface area contributed by atoms with Crippen LogP contribution >= 0.6 is 0 Å². The number of esters is 1. The molecule has 0 aromatic rings. The highest BCUT2D eigenvalue weighted by Crippen LogP contribution is 2.27. The zero-order valence-electron chi connectivity index (χ0n) is 11.7. The second kappa shape index (κ2) is 6.93. The van der Waals surface area contributed by atoms with Crippen molar-refractivity contribution in [1.29, 1.82) is 0 Å². The summed E-state index contributed by atoms with van der Waals surface area (Å²) < 4.78 is 39.8. The van der Waals surface area contributed by atoms with E-state index in [9.17, 15) is 23.1 Å². The van der Waals surface area contributed by atoms with Gasteiger partial charge in [-0.2, -0.15) is 13.2 Å². The number of aliphatic hydroxyl groups is 1. The smallest absolute Gasteiger partial charge is 0.428 e. The molecule has 8 heteroatoms. The quantitative estimate of drug-likeness (QED) is 0.586. The number of ether oxygens (including phenoxy) is 1. The summed E-state index contributed by atoms with van der Waals surface area (Å²) in [5.74, 6) is -2.36.